The number of nitrogens with one attached hydrogen (secondary N) is 1. The molecule has 1 aliphatic rings. The fourth-order valence-electron chi connectivity index (χ4n) is 2.64. The molecule has 1 N–H and O–H groups in total. The van der Waals surface area contributed by atoms with Crippen LogP contribution in [0.25, 0.3) is 0 Å². The first-order chi connectivity index (χ1) is 11.2. The Morgan fingerprint density at radius 3 is 2.42 bits per heavy atom. The van der Waals surface area contributed by atoms with Gasteiger partial charge in [0, 0.05) is 32.7 Å². The van der Waals surface area contributed by atoms with Crippen LogP contribution in [0.5, 0.6) is 0 Å². The van der Waals surface area contributed by atoms with E-state index in [-0.39, 0.29) is 10.7 Å². The average molecular weight is 364 g/mol. The highest BCUT2D eigenvalue weighted by atomic mass is 35.5. The zero-order valence-corrected chi connectivity index (χ0v) is 14.4. The van der Waals surface area contributed by atoms with E-state index in [1.807, 2.05) is 0 Å². The molecular weight excluding hydrogens is 343 g/mol. The Bertz CT molecular complexity index is 584. The first kappa shape index (κ1) is 18.9. The van der Waals surface area contributed by atoms with Crippen molar-refractivity contribution in [2.45, 2.75) is 20.0 Å². The number of nitrogens with zero attached hydrogens (tertiary/aromatic N) is 2. The molecule has 0 aliphatic carbocycles. The predicted molar refractivity (Wildman–Crippen MR) is 88.3 cm³/mol. The molecule has 1 fully saturated rings. The Balaban J connectivity index is 1.98. The number of halogens is 4. The molecule has 1 aromatic rings. The SMILES string of the molecule is CC(C)CN1CCN(C(=O)Nc2cc(C(F)(F)F)ccc2Cl)CC1. The molecule has 2 rings (SSSR count). The number of hydrogen-bond donors (Lipinski definition) is 1. The molecule has 1 saturated heterocycles. The number of carbonyl (C=O) groups excluding carboxylic acids is 1. The molecule has 1 aromatic carbocycles. The summed E-state index contributed by atoms with van der Waals surface area (Å²) in [6, 6.07) is 2.46. The number of anilines is 1. The lowest BCUT2D eigenvalue weighted by Crippen LogP contribution is -2.50. The number of hydrogen-bond acceptors (Lipinski definition) is 2. The highest BCUT2D eigenvalue weighted by molar-refractivity contribution is 6.33. The maximum absolute atomic E-state index is 12.8. The zero-order chi connectivity index (χ0) is 17.9. The van der Waals surface area contributed by atoms with Gasteiger partial charge in [0.2, 0.25) is 0 Å². The average Bonchev–Trinajstić information content (AvgIpc) is 2.48. The van der Waals surface area contributed by atoms with Gasteiger partial charge in [-0.15, -0.1) is 0 Å². The minimum absolute atomic E-state index is 0.0268. The van der Waals surface area contributed by atoms with Crippen molar-refractivity contribution in [1.82, 2.24) is 9.80 Å². The van der Waals surface area contributed by atoms with Crippen molar-refractivity contribution in [3.63, 3.8) is 0 Å². The molecular formula is C16H21ClF3N3O. The number of alkyl halides is 3. The Kier molecular flexibility index (Phi) is 5.98. The van der Waals surface area contributed by atoms with Gasteiger partial charge in [0.1, 0.15) is 0 Å². The molecule has 24 heavy (non-hydrogen) atoms. The van der Waals surface area contributed by atoms with Gasteiger partial charge in [-0.25, -0.2) is 4.79 Å². The van der Waals surface area contributed by atoms with Crippen LogP contribution in [0.15, 0.2) is 18.2 Å². The summed E-state index contributed by atoms with van der Waals surface area (Å²) < 4.78 is 38.3. The summed E-state index contributed by atoms with van der Waals surface area (Å²) in [5, 5.41) is 2.56. The number of rotatable bonds is 3. The number of carbonyl (C=O) groups is 1. The van der Waals surface area contributed by atoms with Crippen LogP contribution in [-0.2, 0) is 6.18 Å². The molecule has 0 unspecified atom stereocenters. The van der Waals surface area contributed by atoms with Gasteiger partial charge in [-0.1, -0.05) is 25.4 Å². The van der Waals surface area contributed by atoms with E-state index in [1.165, 1.54) is 0 Å². The van der Waals surface area contributed by atoms with Crippen molar-refractivity contribution in [1.29, 1.82) is 0 Å². The van der Waals surface area contributed by atoms with E-state index < -0.39 is 17.8 Å². The standard InChI is InChI=1S/C16H21ClF3N3O/c1-11(2)10-22-5-7-23(8-6-22)15(24)21-14-9-12(16(18,19)20)3-4-13(14)17/h3-4,9,11H,5-8,10H2,1-2H3,(H,21,24). The third kappa shape index (κ3) is 5.01. The lowest BCUT2D eigenvalue weighted by molar-refractivity contribution is -0.137. The number of urea groups is 1. The van der Waals surface area contributed by atoms with E-state index in [2.05, 4.69) is 24.1 Å². The third-order valence-electron chi connectivity index (χ3n) is 3.82. The lowest BCUT2D eigenvalue weighted by Gasteiger charge is -2.35. The van der Waals surface area contributed by atoms with Crippen LogP contribution < -0.4 is 5.32 Å². The van der Waals surface area contributed by atoms with E-state index in [9.17, 15) is 18.0 Å². The molecule has 4 nitrogen and oxygen atoms in total. The van der Waals surface area contributed by atoms with E-state index in [0.717, 1.165) is 37.8 Å². The monoisotopic (exact) mass is 363 g/mol. The molecule has 0 aromatic heterocycles. The van der Waals surface area contributed by atoms with Crippen molar-refractivity contribution in [3.8, 4) is 0 Å². The molecule has 134 valence electrons. The van der Waals surface area contributed by atoms with E-state index >= 15 is 0 Å². The van der Waals surface area contributed by atoms with Crippen LogP contribution in [0.4, 0.5) is 23.7 Å². The maximum atomic E-state index is 12.8. The van der Waals surface area contributed by atoms with Crippen LogP contribution in [0.2, 0.25) is 5.02 Å². The Hall–Kier alpha value is -1.47. The van der Waals surface area contributed by atoms with E-state index in [1.54, 1.807) is 4.90 Å². The number of benzene rings is 1. The van der Waals surface area contributed by atoms with Gasteiger partial charge < -0.3 is 10.2 Å². The summed E-state index contributed by atoms with van der Waals surface area (Å²) in [5.74, 6) is 0.550. The minimum atomic E-state index is -4.48. The van der Waals surface area contributed by atoms with Gasteiger partial charge in [0.25, 0.3) is 0 Å². The molecule has 0 atom stereocenters. The third-order valence-corrected chi connectivity index (χ3v) is 4.15. The first-order valence-electron chi connectivity index (χ1n) is 7.82. The van der Waals surface area contributed by atoms with Crippen molar-refractivity contribution in [3.05, 3.63) is 28.8 Å². The molecule has 1 heterocycles. The van der Waals surface area contributed by atoms with Crippen LogP contribution in [-0.4, -0.2) is 48.6 Å². The highest BCUT2D eigenvalue weighted by Gasteiger charge is 2.31. The van der Waals surface area contributed by atoms with Crippen molar-refractivity contribution >= 4 is 23.3 Å². The van der Waals surface area contributed by atoms with Crippen LogP contribution in [0.3, 0.4) is 0 Å². The summed E-state index contributed by atoms with van der Waals surface area (Å²) >= 11 is 5.90. The second-order valence-electron chi connectivity index (χ2n) is 6.30. The second kappa shape index (κ2) is 7.61. The smallest absolute Gasteiger partial charge is 0.322 e. The van der Waals surface area contributed by atoms with Gasteiger partial charge >= 0.3 is 12.2 Å². The quantitative estimate of drug-likeness (QED) is 0.875. The summed E-state index contributed by atoms with van der Waals surface area (Å²) in [4.78, 5) is 16.1. The Morgan fingerprint density at radius 2 is 1.88 bits per heavy atom. The van der Waals surface area contributed by atoms with Crippen LogP contribution in [0.1, 0.15) is 19.4 Å². The van der Waals surface area contributed by atoms with E-state index in [4.69, 9.17) is 11.6 Å². The second-order valence-corrected chi connectivity index (χ2v) is 6.71. The minimum Gasteiger partial charge on any atom is -0.322 e. The van der Waals surface area contributed by atoms with Crippen LogP contribution in [0, 0.1) is 5.92 Å². The number of piperazine rings is 1. The van der Waals surface area contributed by atoms with Crippen molar-refractivity contribution in [2.75, 3.05) is 38.0 Å². The van der Waals surface area contributed by atoms with Gasteiger partial charge in [-0.2, -0.15) is 13.2 Å². The molecule has 0 radical (unpaired) electrons. The molecule has 2 amide bonds. The molecule has 1 aliphatic heterocycles. The maximum Gasteiger partial charge on any atom is 0.416 e. The fourth-order valence-corrected chi connectivity index (χ4v) is 2.81. The zero-order valence-electron chi connectivity index (χ0n) is 13.7. The molecule has 8 heteroatoms. The number of amides is 2. The lowest BCUT2D eigenvalue weighted by atomic mass is 10.2. The summed E-state index contributed by atoms with van der Waals surface area (Å²) in [7, 11) is 0. The Labute approximate surface area is 144 Å². The molecule has 0 spiro atoms. The molecule has 0 bridgehead atoms. The van der Waals surface area contributed by atoms with Crippen molar-refractivity contribution in [2.24, 2.45) is 5.92 Å². The van der Waals surface area contributed by atoms with Gasteiger partial charge in [-0.05, 0) is 24.1 Å². The topological polar surface area (TPSA) is 35.6 Å². The van der Waals surface area contributed by atoms with Crippen LogP contribution >= 0.6 is 11.6 Å². The normalized spacial score (nSPS) is 16.5. The highest BCUT2D eigenvalue weighted by Crippen LogP contribution is 2.33. The Morgan fingerprint density at radius 1 is 1.25 bits per heavy atom. The fraction of sp³-hybridized carbons (Fsp3) is 0.562. The summed E-state index contributed by atoms with van der Waals surface area (Å²) in [6.07, 6.45) is -4.48. The summed E-state index contributed by atoms with van der Waals surface area (Å²) in [6.45, 7) is 7.81. The van der Waals surface area contributed by atoms with Crippen molar-refractivity contribution < 1.29 is 18.0 Å². The largest absolute Gasteiger partial charge is 0.416 e. The van der Waals surface area contributed by atoms with Gasteiger partial charge in [-0.3, -0.25) is 4.90 Å². The van der Waals surface area contributed by atoms with Gasteiger partial charge in [0.05, 0.1) is 16.3 Å². The van der Waals surface area contributed by atoms with Gasteiger partial charge in [0.15, 0.2) is 0 Å². The predicted octanol–water partition coefficient (Wildman–Crippen LogP) is 4.16. The summed E-state index contributed by atoms with van der Waals surface area (Å²) in [5.41, 5.74) is -0.870. The first-order valence-corrected chi connectivity index (χ1v) is 8.19. The van der Waals surface area contributed by atoms with E-state index in [0.29, 0.717) is 19.0 Å². The molecule has 0 saturated carbocycles.